The molecule has 0 N–H and O–H groups in total. The van der Waals surface area contributed by atoms with Crippen LogP contribution >= 0.6 is 0 Å². The number of likely N-dealkylation sites (N-methyl/N-ethyl adjacent to an activating group) is 1. The van der Waals surface area contributed by atoms with Gasteiger partial charge in [-0.2, -0.15) is 0 Å². The first-order valence-corrected chi connectivity index (χ1v) is 8.62. The highest BCUT2D eigenvalue weighted by molar-refractivity contribution is 5.86. The molecule has 3 heterocycles. The van der Waals surface area contributed by atoms with Gasteiger partial charge in [-0.25, -0.2) is 0 Å². The van der Waals surface area contributed by atoms with Crippen molar-refractivity contribution in [3.05, 3.63) is 48.1 Å². The fraction of sp³-hybridized carbons (Fsp3) is 0.444. The number of nitrogens with zero attached hydrogens (tertiary/aromatic N) is 4. The summed E-state index contributed by atoms with van der Waals surface area (Å²) in [7, 11) is 1.69. The highest BCUT2D eigenvalue weighted by atomic mass is 16.5. The summed E-state index contributed by atoms with van der Waals surface area (Å²) in [4.78, 5) is 33.1. The third-order valence-electron chi connectivity index (χ3n) is 4.74. The van der Waals surface area contributed by atoms with Gasteiger partial charge in [-0.3, -0.25) is 14.6 Å². The smallest absolute Gasteiger partial charge is 0.254 e. The first kappa shape index (κ1) is 16.7. The van der Waals surface area contributed by atoms with Crippen molar-refractivity contribution in [2.45, 2.75) is 37.6 Å². The third-order valence-corrected chi connectivity index (χ3v) is 4.74. The zero-order valence-electron chi connectivity index (χ0n) is 14.4. The molecular weight excluding hydrogens is 336 g/mol. The van der Waals surface area contributed by atoms with E-state index in [0.29, 0.717) is 12.2 Å². The third kappa shape index (κ3) is 3.20. The van der Waals surface area contributed by atoms with Crippen molar-refractivity contribution >= 4 is 11.8 Å². The lowest BCUT2D eigenvalue weighted by Gasteiger charge is -2.41. The molecular formula is C18H20N4O4. The van der Waals surface area contributed by atoms with Gasteiger partial charge >= 0.3 is 0 Å². The number of hydrogen-bond acceptors (Lipinski definition) is 6. The van der Waals surface area contributed by atoms with Gasteiger partial charge < -0.3 is 19.1 Å². The molecule has 8 heteroatoms. The average Bonchev–Trinajstić information content (AvgIpc) is 3.37. The van der Waals surface area contributed by atoms with Crippen LogP contribution in [0.25, 0.3) is 0 Å². The second-order valence-electron chi connectivity index (χ2n) is 6.68. The summed E-state index contributed by atoms with van der Waals surface area (Å²) >= 11 is 0. The summed E-state index contributed by atoms with van der Waals surface area (Å²) in [6.45, 7) is 0.230. The Morgan fingerprint density at radius 2 is 2.23 bits per heavy atom. The van der Waals surface area contributed by atoms with E-state index in [9.17, 15) is 9.59 Å². The second kappa shape index (κ2) is 6.87. The lowest BCUT2D eigenvalue weighted by molar-refractivity contribution is -0.170. The number of pyridine rings is 1. The van der Waals surface area contributed by atoms with Gasteiger partial charge in [-0.15, -0.1) is 0 Å². The van der Waals surface area contributed by atoms with Crippen LogP contribution < -0.4 is 0 Å². The summed E-state index contributed by atoms with van der Waals surface area (Å²) in [6, 6.07) is 5.11. The molecule has 0 bridgehead atoms. The highest BCUT2D eigenvalue weighted by Gasteiger charge is 2.48. The topological polar surface area (TPSA) is 88.8 Å². The number of aromatic nitrogens is 2. The van der Waals surface area contributed by atoms with Crippen LogP contribution in [-0.4, -0.2) is 57.6 Å². The largest absolute Gasteiger partial charge is 0.364 e. The number of hydrogen-bond donors (Lipinski definition) is 0. The molecule has 2 amide bonds. The highest BCUT2D eigenvalue weighted by Crippen LogP contribution is 2.39. The number of morpholine rings is 1. The van der Waals surface area contributed by atoms with Gasteiger partial charge in [0.25, 0.3) is 5.91 Å². The second-order valence-corrected chi connectivity index (χ2v) is 6.68. The van der Waals surface area contributed by atoms with Crippen molar-refractivity contribution < 1.29 is 18.8 Å². The maximum absolute atomic E-state index is 13.1. The van der Waals surface area contributed by atoms with Crippen molar-refractivity contribution in [2.24, 2.45) is 0 Å². The van der Waals surface area contributed by atoms with Gasteiger partial charge in [-0.05, 0) is 24.5 Å². The summed E-state index contributed by atoms with van der Waals surface area (Å²) < 4.78 is 10.5. The van der Waals surface area contributed by atoms with E-state index in [0.717, 1.165) is 18.4 Å². The van der Waals surface area contributed by atoms with Gasteiger partial charge in [0, 0.05) is 31.5 Å². The van der Waals surface area contributed by atoms with Crippen LogP contribution in [-0.2, 0) is 20.9 Å². The van der Waals surface area contributed by atoms with E-state index in [1.54, 1.807) is 36.5 Å². The van der Waals surface area contributed by atoms with Crippen LogP contribution in [0.4, 0.5) is 0 Å². The zero-order valence-corrected chi connectivity index (χ0v) is 14.4. The lowest BCUT2D eigenvalue weighted by atomic mass is 9.98. The molecule has 2 aromatic heterocycles. The van der Waals surface area contributed by atoms with Crippen molar-refractivity contribution in [3.8, 4) is 0 Å². The Balaban J connectivity index is 1.61. The van der Waals surface area contributed by atoms with E-state index in [4.69, 9.17) is 9.26 Å². The number of carbonyl (C=O) groups excluding carboxylic acids is 2. The Morgan fingerprint density at radius 1 is 1.38 bits per heavy atom. The fourth-order valence-electron chi connectivity index (χ4n) is 3.36. The van der Waals surface area contributed by atoms with Gasteiger partial charge in [0.2, 0.25) is 5.91 Å². The molecule has 0 spiro atoms. The van der Waals surface area contributed by atoms with Crippen LogP contribution in [0.15, 0.2) is 41.4 Å². The molecule has 136 valence electrons. The van der Waals surface area contributed by atoms with Crippen LogP contribution in [0.3, 0.4) is 0 Å². The number of rotatable bonds is 5. The van der Waals surface area contributed by atoms with Crippen molar-refractivity contribution in [1.29, 1.82) is 0 Å². The van der Waals surface area contributed by atoms with Gasteiger partial charge in [0.15, 0.2) is 6.10 Å². The van der Waals surface area contributed by atoms with Crippen molar-refractivity contribution in [1.82, 2.24) is 19.9 Å². The van der Waals surface area contributed by atoms with Crippen molar-refractivity contribution in [2.75, 3.05) is 13.7 Å². The maximum atomic E-state index is 13.1. The van der Waals surface area contributed by atoms with Gasteiger partial charge in [0.05, 0.1) is 12.6 Å². The van der Waals surface area contributed by atoms with E-state index in [1.165, 1.54) is 6.26 Å². The van der Waals surface area contributed by atoms with Crippen LogP contribution in [0.5, 0.6) is 0 Å². The summed E-state index contributed by atoms with van der Waals surface area (Å²) in [5, 5.41) is 3.84. The average molecular weight is 356 g/mol. The molecule has 2 aliphatic rings. The maximum Gasteiger partial charge on any atom is 0.254 e. The number of amides is 2. The van der Waals surface area contributed by atoms with E-state index >= 15 is 0 Å². The zero-order chi connectivity index (χ0) is 18.1. The quantitative estimate of drug-likeness (QED) is 0.799. The van der Waals surface area contributed by atoms with Crippen LogP contribution in [0.1, 0.15) is 30.1 Å². The molecule has 2 fully saturated rings. The minimum Gasteiger partial charge on any atom is -0.364 e. The van der Waals surface area contributed by atoms with Crippen LogP contribution in [0, 0.1) is 0 Å². The number of carbonyl (C=O) groups is 2. The predicted octanol–water partition coefficient (Wildman–Crippen LogP) is 1.16. The SMILES string of the molecule is CN(Cc1ccon1)C(=O)[C@H]1OCC(=O)N(C2CC2)[C@@H]1c1cccnc1. The van der Waals surface area contributed by atoms with Crippen molar-refractivity contribution in [3.63, 3.8) is 0 Å². The monoisotopic (exact) mass is 356 g/mol. The minimum absolute atomic E-state index is 0.0791. The predicted molar refractivity (Wildman–Crippen MR) is 89.6 cm³/mol. The molecule has 2 atom stereocenters. The molecule has 1 aliphatic heterocycles. The van der Waals surface area contributed by atoms with E-state index in [2.05, 4.69) is 10.1 Å². The lowest BCUT2D eigenvalue weighted by Crippen LogP contribution is -2.55. The Bertz CT molecular complexity index is 776. The molecule has 2 aromatic rings. The minimum atomic E-state index is -0.769. The van der Waals surface area contributed by atoms with Gasteiger partial charge in [0.1, 0.15) is 18.6 Å². The van der Waals surface area contributed by atoms with E-state index < -0.39 is 12.1 Å². The number of ether oxygens (including phenoxy) is 1. The Morgan fingerprint density at radius 3 is 2.88 bits per heavy atom. The summed E-state index contributed by atoms with van der Waals surface area (Å²) in [5.41, 5.74) is 1.46. The standard InChI is InChI=1S/C18H20N4O4/c1-21(10-13-6-8-26-20-13)18(24)17-16(12-3-2-7-19-9-12)22(14-4-5-14)15(23)11-25-17/h2-3,6-9,14,16-17H,4-5,10-11H2,1H3/t16-,17+/m1/s1. The summed E-state index contributed by atoms with van der Waals surface area (Å²) in [6.07, 6.45) is 5.98. The van der Waals surface area contributed by atoms with Crippen LogP contribution in [0.2, 0.25) is 0 Å². The Hall–Kier alpha value is -2.74. The Labute approximate surface area is 150 Å². The summed E-state index contributed by atoms with van der Waals surface area (Å²) in [5.74, 6) is -0.274. The molecule has 4 rings (SSSR count). The molecule has 1 saturated heterocycles. The van der Waals surface area contributed by atoms with Gasteiger partial charge in [-0.1, -0.05) is 11.2 Å². The normalized spacial score (nSPS) is 23.1. The fourth-order valence-corrected chi connectivity index (χ4v) is 3.36. The van der Waals surface area contributed by atoms with E-state index in [1.807, 2.05) is 11.0 Å². The first-order chi connectivity index (χ1) is 12.6. The molecule has 0 radical (unpaired) electrons. The molecule has 1 saturated carbocycles. The molecule has 0 unspecified atom stereocenters. The first-order valence-electron chi connectivity index (χ1n) is 8.62. The molecule has 0 aromatic carbocycles. The molecule has 8 nitrogen and oxygen atoms in total. The molecule has 1 aliphatic carbocycles. The molecule has 26 heavy (non-hydrogen) atoms. The Kier molecular flexibility index (Phi) is 4.42. The van der Waals surface area contributed by atoms with E-state index in [-0.39, 0.29) is 24.5 Å².